The van der Waals surface area contributed by atoms with Crippen LogP contribution in [0.25, 0.3) is 0 Å². The second-order valence-corrected chi connectivity index (χ2v) is 8.02. The maximum absolute atomic E-state index is 12.1. The molecule has 1 aromatic heterocycles. The van der Waals surface area contributed by atoms with E-state index in [4.69, 9.17) is 5.11 Å². The molecule has 1 aliphatic rings. The Bertz CT molecular complexity index is 935. The van der Waals surface area contributed by atoms with E-state index in [9.17, 15) is 14.9 Å². The van der Waals surface area contributed by atoms with Gasteiger partial charge in [-0.05, 0) is 61.1 Å². The number of amides is 1. The summed E-state index contributed by atoms with van der Waals surface area (Å²) in [6.45, 7) is 2.21. The van der Waals surface area contributed by atoms with Crippen molar-refractivity contribution in [1.29, 1.82) is 5.26 Å². The van der Waals surface area contributed by atoms with Crippen molar-refractivity contribution in [1.82, 2.24) is 4.98 Å². The second kappa shape index (κ2) is 8.89. The minimum atomic E-state index is -1.01. The van der Waals surface area contributed by atoms with E-state index in [0.717, 1.165) is 25.0 Å². The van der Waals surface area contributed by atoms with Crippen molar-refractivity contribution < 1.29 is 14.7 Å². The van der Waals surface area contributed by atoms with Crippen molar-refractivity contribution >= 4 is 29.3 Å². The summed E-state index contributed by atoms with van der Waals surface area (Å²) >= 11 is 1.42. The molecule has 0 saturated carbocycles. The molecule has 1 heterocycles. The average molecular weight is 395 g/mol. The number of rotatable bonds is 6. The number of carbonyl (C=O) groups is 2. The molecule has 0 radical (unpaired) electrons. The van der Waals surface area contributed by atoms with Crippen LogP contribution in [0.3, 0.4) is 0 Å². The predicted octanol–water partition coefficient (Wildman–Crippen LogP) is 3.90. The molecule has 0 aliphatic heterocycles. The van der Waals surface area contributed by atoms with Crippen molar-refractivity contribution in [2.45, 2.75) is 37.6 Å². The Morgan fingerprint density at radius 1 is 1.36 bits per heavy atom. The largest absolute Gasteiger partial charge is 0.478 e. The van der Waals surface area contributed by atoms with Crippen molar-refractivity contribution in [3.05, 3.63) is 52.7 Å². The number of carbonyl (C=O) groups excluding carboxylic acids is 1. The molecular weight excluding hydrogens is 374 g/mol. The number of pyridine rings is 1. The summed E-state index contributed by atoms with van der Waals surface area (Å²) in [4.78, 5) is 27.6. The van der Waals surface area contributed by atoms with Crippen LogP contribution in [-0.2, 0) is 17.6 Å². The first-order valence-corrected chi connectivity index (χ1v) is 10.1. The monoisotopic (exact) mass is 395 g/mol. The number of nitrogens with zero attached hydrogens (tertiary/aromatic N) is 2. The summed E-state index contributed by atoms with van der Waals surface area (Å²) in [5.41, 5.74) is 3.54. The van der Waals surface area contributed by atoms with Gasteiger partial charge < -0.3 is 10.4 Å². The molecule has 2 N–H and O–H groups in total. The average Bonchev–Trinajstić information content (AvgIpc) is 2.68. The van der Waals surface area contributed by atoms with Crippen LogP contribution in [0.4, 0.5) is 5.69 Å². The summed E-state index contributed by atoms with van der Waals surface area (Å²) in [5, 5.41) is 21.8. The van der Waals surface area contributed by atoms with Gasteiger partial charge in [-0.2, -0.15) is 5.26 Å². The number of nitrogens with one attached hydrogen (secondary N) is 1. The fourth-order valence-corrected chi connectivity index (χ4v) is 4.09. The number of hydrogen-bond acceptors (Lipinski definition) is 5. The van der Waals surface area contributed by atoms with Crippen LogP contribution < -0.4 is 5.32 Å². The van der Waals surface area contributed by atoms with Crippen LogP contribution >= 0.6 is 11.8 Å². The third kappa shape index (κ3) is 4.90. The minimum Gasteiger partial charge on any atom is -0.478 e. The highest BCUT2D eigenvalue weighted by atomic mass is 32.2. The number of thioether (sulfide) groups is 1. The van der Waals surface area contributed by atoms with Gasteiger partial charge in [0, 0.05) is 23.6 Å². The SMILES string of the molecule is CC1CCc2nc(SCCC(=O)Nc3ccc(C(=O)O)cc3)c(C#N)cc2C1. The van der Waals surface area contributed by atoms with E-state index in [1.807, 2.05) is 6.07 Å². The van der Waals surface area contributed by atoms with Crippen molar-refractivity contribution in [3.8, 4) is 6.07 Å². The number of hydrogen-bond donors (Lipinski definition) is 2. The van der Waals surface area contributed by atoms with Crippen LogP contribution in [0.15, 0.2) is 35.4 Å². The lowest BCUT2D eigenvalue weighted by Gasteiger charge is -2.21. The highest BCUT2D eigenvalue weighted by Gasteiger charge is 2.19. The highest BCUT2D eigenvalue weighted by molar-refractivity contribution is 7.99. The van der Waals surface area contributed by atoms with Crippen molar-refractivity contribution in [3.63, 3.8) is 0 Å². The summed E-state index contributed by atoms with van der Waals surface area (Å²) < 4.78 is 0. The Morgan fingerprint density at radius 2 is 2.11 bits per heavy atom. The molecule has 144 valence electrons. The van der Waals surface area contributed by atoms with Crippen molar-refractivity contribution in [2.24, 2.45) is 5.92 Å². The predicted molar refractivity (Wildman–Crippen MR) is 108 cm³/mol. The molecule has 6 nitrogen and oxygen atoms in total. The van der Waals surface area contributed by atoms with Crippen LogP contribution in [0, 0.1) is 17.2 Å². The molecule has 1 unspecified atom stereocenters. The van der Waals surface area contributed by atoms with Gasteiger partial charge in [0.2, 0.25) is 5.91 Å². The number of aryl methyl sites for hydroxylation is 1. The summed E-state index contributed by atoms with van der Waals surface area (Å²) in [6.07, 6.45) is 3.28. The van der Waals surface area contributed by atoms with Crippen LogP contribution in [-0.4, -0.2) is 27.7 Å². The molecule has 7 heteroatoms. The first-order chi connectivity index (χ1) is 13.5. The quantitative estimate of drug-likeness (QED) is 0.719. The number of nitriles is 1. The molecule has 1 aromatic carbocycles. The number of carboxylic acid groups (broad SMARTS) is 1. The number of benzene rings is 1. The maximum Gasteiger partial charge on any atom is 0.335 e. The van der Waals surface area contributed by atoms with Crippen LogP contribution in [0.1, 0.15) is 46.9 Å². The van der Waals surface area contributed by atoms with E-state index in [-0.39, 0.29) is 17.9 Å². The van der Waals surface area contributed by atoms with Gasteiger partial charge in [0.1, 0.15) is 11.1 Å². The summed E-state index contributed by atoms with van der Waals surface area (Å²) in [7, 11) is 0. The Labute approximate surface area is 168 Å². The Balaban J connectivity index is 1.56. The molecule has 2 aromatic rings. The topological polar surface area (TPSA) is 103 Å². The van der Waals surface area contributed by atoms with Crippen LogP contribution in [0.5, 0.6) is 0 Å². The van der Waals surface area contributed by atoms with E-state index < -0.39 is 5.97 Å². The first-order valence-electron chi connectivity index (χ1n) is 9.15. The highest BCUT2D eigenvalue weighted by Crippen LogP contribution is 2.29. The second-order valence-electron chi connectivity index (χ2n) is 6.94. The van der Waals surface area contributed by atoms with Gasteiger partial charge in [-0.25, -0.2) is 9.78 Å². The van der Waals surface area contributed by atoms with Gasteiger partial charge in [0.25, 0.3) is 0 Å². The van der Waals surface area contributed by atoms with Gasteiger partial charge in [0.05, 0.1) is 11.1 Å². The Kier molecular flexibility index (Phi) is 6.32. The lowest BCUT2D eigenvalue weighted by Crippen LogP contribution is -2.14. The number of aromatic nitrogens is 1. The normalized spacial score (nSPS) is 15.4. The molecule has 0 fully saturated rings. The lowest BCUT2D eigenvalue weighted by molar-refractivity contribution is -0.115. The Morgan fingerprint density at radius 3 is 2.79 bits per heavy atom. The lowest BCUT2D eigenvalue weighted by atomic mass is 9.87. The van der Waals surface area contributed by atoms with Crippen LogP contribution in [0.2, 0.25) is 0 Å². The molecule has 3 rings (SSSR count). The molecule has 0 bridgehead atoms. The summed E-state index contributed by atoms with van der Waals surface area (Å²) in [5.74, 6) is -0.0429. The summed E-state index contributed by atoms with van der Waals surface area (Å²) in [6, 6.07) is 10.2. The Hall–Kier alpha value is -2.85. The molecule has 0 spiro atoms. The number of aromatic carboxylic acids is 1. The van der Waals surface area contributed by atoms with Gasteiger partial charge in [-0.1, -0.05) is 6.92 Å². The maximum atomic E-state index is 12.1. The standard InChI is InChI=1S/C21H21N3O3S/c1-13-2-7-18-15(10-13)11-16(12-22)20(24-18)28-9-8-19(25)23-17-5-3-14(4-6-17)21(26)27/h3-6,11,13H,2,7-10H2,1H3,(H,23,25)(H,26,27). The number of fused-ring (bicyclic) bond motifs is 1. The molecular formula is C21H21N3O3S. The van der Waals surface area contributed by atoms with Gasteiger partial charge in [0.15, 0.2) is 0 Å². The molecule has 1 aliphatic carbocycles. The zero-order valence-electron chi connectivity index (χ0n) is 15.6. The van der Waals surface area contributed by atoms with E-state index in [0.29, 0.717) is 27.9 Å². The fraction of sp³-hybridized carbons (Fsp3) is 0.333. The first kappa shape index (κ1) is 19.9. The zero-order chi connectivity index (χ0) is 20.1. The van der Waals surface area contributed by atoms with E-state index in [2.05, 4.69) is 23.3 Å². The van der Waals surface area contributed by atoms with Gasteiger partial charge >= 0.3 is 5.97 Å². The van der Waals surface area contributed by atoms with Gasteiger partial charge in [-0.15, -0.1) is 11.8 Å². The number of anilines is 1. The van der Waals surface area contributed by atoms with E-state index in [1.165, 1.54) is 29.5 Å². The van der Waals surface area contributed by atoms with E-state index >= 15 is 0 Å². The van der Waals surface area contributed by atoms with Crippen molar-refractivity contribution in [2.75, 3.05) is 11.1 Å². The van der Waals surface area contributed by atoms with Gasteiger partial charge in [-0.3, -0.25) is 4.79 Å². The molecule has 0 saturated heterocycles. The van der Waals surface area contributed by atoms with E-state index in [1.54, 1.807) is 12.1 Å². The molecule has 1 atom stereocenters. The molecule has 28 heavy (non-hydrogen) atoms. The molecule has 1 amide bonds. The smallest absolute Gasteiger partial charge is 0.335 e. The third-order valence-electron chi connectivity index (χ3n) is 4.70. The fourth-order valence-electron chi connectivity index (χ4n) is 3.18. The zero-order valence-corrected chi connectivity index (χ0v) is 16.4. The number of carboxylic acids is 1. The minimum absolute atomic E-state index is 0.166. The third-order valence-corrected chi connectivity index (χ3v) is 5.70.